The van der Waals surface area contributed by atoms with Gasteiger partial charge in [-0.3, -0.25) is 0 Å². The fourth-order valence-electron chi connectivity index (χ4n) is 2.71. The zero-order valence-electron chi connectivity index (χ0n) is 13.0. The smallest absolute Gasteiger partial charge is 0.119 e. The molecule has 4 nitrogen and oxygen atoms in total. The first kappa shape index (κ1) is 14.6. The van der Waals surface area contributed by atoms with Crippen LogP contribution >= 0.6 is 0 Å². The summed E-state index contributed by atoms with van der Waals surface area (Å²) in [7, 11) is 0. The van der Waals surface area contributed by atoms with Crippen LogP contribution in [0.3, 0.4) is 0 Å². The van der Waals surface area contributed by atoms with Crippen LogP contribution in [0.5, 0.6) is 5.75 Å². The van der Waals surface area contributed by atoms with Crippen LogP contribution in [0, 0.1) is 6.92 Å². The Morgan fingerprint density at radius 1 is 1.14 bits per heavy atom. The van der Waals surface area contributed by atoms with Crippen molar-refractivity contribution in [3.63, 3.8) is 0 Å². The fourth-order valence-corrected chi connectivity index (χ4v) is 2.71. The first-order chi connectivity index (χ1) is 10.7. The lowest BCUT2D eigenvalue weighted by Gasteiger charge is -2.15. The van der Waals surface area contributed by atoms with Gasteiger partial charge in [0.2, 0.25) is 0 Å². The van der Waals surface area contributed by atoms with E-state index in [9.17, 15) is 0 Å². The Balaban J connectivity index is 1.83. The number of aromatic nitrogens is 2. The summed E-state index contributed by atoms with van der Waals surface area (Å²) in [6.45, 7) is 5.38. The molecular formula is C18H21N3O. The van der Waals surface area contributed by atoms with Gasteiger partial charge in [0, 0.05) is 12.6 Å². The van der Waals surface area contributed by atoms with Gasteiger partial charge in [-0.25, -0.2) is 4.98 Å². The number of fused-ring (bicyclic) bond motifs is 1. The maximum absolute atomic E-state index is 6.38. The predicted octanol–water partition coefficient (Wildman–Crippen LogP) is 3.44. The SMILES string of the molecule is CCOc1ccc(C(N)Cn2c(C)nc3ccccc32)cc1. The molecule has 22 heavy (non-hydrogen) atoms. The Morgan fingerprint density at radius 3 is 2.59 bits per heavy atom. The summed E-state index contributed by atoms with van der Waals surface area (Å²) in [5.41, 5.74) is 9.62. The third-order valence-corrected chi connectivity index (χ3v) is 3.84. The lowest BCUT2D eigenvalue weighted by atomic mass is 10.1. The number of hydrogen-bond donors (Lipinski definition) is 1. The maximum atomic E-state index is 6.38. The molecule has 1 unspecified atom stereocenters. The highest BCUT2D eigenvalue weighted by atomic mass is 16.5. The molecule has 0 radical (unpaired) electrons. The predicted molar refractivity (Wildman–Crippen MR) is 89.0 cm³/mol. The van der Waals surface area contributed by atoms with E-state index in [1.54, 1.807) is 0 Å². The van der Waals surface area contributed by atoms with Crippen molar-refractivity contribution in [2.45, 2.75) is 26.4 Å². The lowest BCUT2D eigenvalue weighted by molar-refractivity contribution is 0.340. The van der Waals surface area contributed by atoms with Gasteiger partial charge in [-0.2, -0.15) is 0 Å². The van der Waals surface area contributed by atoms with Crippen LogP contribution in [0.25, 0.3) is 11.0 Å². The standard InChI is InChI=1S/C18H21N3O/c1-3-22-15-10-8-14(9-11-15)16(19)12-21-13(2)20-17-6-4-5-7-18(17)21/h4-11,16H,3,12,19H2,1-2H3. The number of nitrogens with zero attached hydrogens (tertiary/aromatic N) is 2. The molecule has 2 aromatic carbocycles. The molecule has 0 aliphatic rings. The molecule has 0 fully saturated rings. The van der Waals surface area contributed by atoms with Crippen molar-refractivity contribution in [1.82, 2.24) is 9.55 Å². The first-order valence-electron chi connectivity index (χ1n) is 7.59. The number of para-hydroxylation sites is 2. The summed E-state index contributed by atoms with van der Waals surface area (Å²) in [5.74, 6) is 1.87. The number of imidazole rings is 1. The molecule has 3 aromatic rings. The van der Waals surface area contributed by atoms with Crippen LogP contribution in [0.4, 0.5) is 0 Å². The average molecular weight is 295 g/mol. The van der Waals surface area contributed by atoms with Gasteiger partial charge in [0.05, 0.1) is 17.6 Å². The normalized spacial score (nSPS) is 12.5. The van der Waals surface area contributed by atoms with Gasteiger partial charge in [0.25, 0.3) is 0 Å². The van der Waals surface area contributed by atoms with E-state index in [0.717, 1.165) is 28.2 Å². The van der Waals surface area contributed by atoms with E-state index < -0.39 is 0 Å². The van der Waals surface area contributed by atoms with E-state index in [-0.39, 0.29) is 6.04 Å². The van der Waals surface area contributed by atoms with E-state index >= 15 is 0 Å². The van der Waals surface area contributed by atoms with Crippen molar-refractivity contribution in [2.75, 3.05) is 6.61 Å². The van der Waals surface area contributed by atoms with E-state index in [1.807, 2.05) is 56.3 Å². The molecule has 0 amide bonds. The minimum Gasteiger partial charge on any atom is -0.494 e. The summed E-state index contributed by atoms with van der Waals surface area (Å²) >= 11 is 0. The second-order valence-corrected chi connectivity index (χ2v) is 5.37. The van der Waals surface area contributed by atoms with Gasteiger partial charge in [0.15, 0.2) is 0 Å². The molecule has 0 saturated carbocycles. The quantitative estimate of drug-likeness (QED) is 0.784. The Morgan fingerprint density at radius 2 is 1.86 bits per heavy atom. The highest BCUT2D eigenvalue weighted by Crippen LogP contribution is 2.21. The van der Waals surface area contributed by atoms with Gasteiger partial charge in [-0.05, 0) is 43.7 Å². The van der Waals surface area contributed by atoms with Gasteiger partial charge in [0.1, 0.15) is 11.6 Å². The van der Waals surface area contributed by atoms with Crippen LogP contribution in [0.2, 0.25) is 0 Å². The Labute approximate surface area is 130 Å². The van der Waals surface area contributed by atoms with E-state index in [2.05, 4.69) is 15.6 Å². The molecule has 3 rings (SSSR count). The molecule has 4 heteroatoms. The molecule has 0 aliphatic heterocycles. The summed E-state index contributed by atoms with van der Waals surface area (Å²) < 4.78 is 7.64. The molecule has 0 saturated heterocycles. The Bertz CT molecular complexity index is 762. The van der Waals surface area contributed by atoms with Gasteiger partial charge in [-0.15, -0.1) is 0 Å². The second kappa shape index (κ2) is 6.20. The fraction of sp³-hybridized carbons (Fsp3) is 0.278. The molecule has 0 aliphatic carbocycles. The van der Waals surface area contributed by atoms with Crippen molar-refractivity contribution in [1.29, 1.82) is 0 Å². The minimum atomic E-state index is -0.0769. The number of aryl methyl sites for hydroxylation is 1. The minimum absolute atomic E-state index is 0.0769. The largest absolute Gasteiger partial charge is 0.494 e. The third kappa shape index (κ3) is 2.83. The van der Waals surface area contributed by atoms with Crippen LogP contribution in [0.1, 0.15) is 24.4 Å². The van der Waals surface area contributed by atoms with Gasteiger partial charge < -0.3 is 15.0 Å². The van der Waals surface area contributed by atoms with Crippen molar-refractivity contribution in [3.05, 3.63) is 59.9 Å². The number of ether oxygens (including phenoxy) is 1. The molecule has 1 atom stereocenters. The molecule has 114 valence electrons. The summed E-state index contributed by atoms with van der Waals surface area (Å²) in [5, 5.41) is 0. The lowest BCUT2D eigenvalue weighted by Crippen LogP contribution is -2.18. The van der Waals surface area contributed by atoms with Crippen molar-refractivity contribution < 1.29 is 4.74 Å². The van der Waals surface area contributed by atoms with Crippen LogP contribution in [-0.2, 0) is 6.54 Å². The topological polar surface area (TPSA) is 53.1 Å². The monoisotopic (exact) mass is 295 g/mol. The zero-order chi connectivity index (χ0) is 15.5. The van der Waals surface area contributed by atoms with Crippen molar-refractivity contribution in [2.24, 2.45) is 5.73 Å². The summed E-state index contributed by atoms with van der Waals surface area (Å²) in [6.07, 6.45) is 0. The van der Waals surface area contributed by atoms with Crippen molar-refractivity contribution >= 4 is 11.0 Å². The summed E-state index contributed by atoms with van der Waals surface area (Å²) in [4.78, 5) is 4.59. The van der Waals surface area contributed by atoms with Crippen LogP contribution < -0.4 is 10.5 Å². The second-order valence-electron chi connectivity index (χ2n) is 5.37. The Kier molecular flexibility index (Phi) is 4.11. The zero-order valence-corrected chi connectivity index (χ0v) is 13.0. The van der Waals surface area contributed by atoms with Crippen LogP contribution in [0.15, 0.2) is 48.5 Å². The van der Waals surface area contributed by atoms with Gasteiger partial charge in [-0.1, -0.05) is 24.3 Å². The maximum Gasteiger partial charge on any atom is 0.119 e. The molecule has 1 heterocycles. The highest BCUT2D eigenvalue weighted by Gasteiger charge is 2.12. The number of benzene rings is 2. The van der Waals surface area contributed by atoms with E-state index in [0.29, 0.717) is 13.2 Å². The highest BCUT2D eigenvalue weighted by molar-refractivity contribution is 5.75. The third-order valence-electron chi connectivity index (χ3n) is 3.84. The number of nitrogens with two attached hydrogens (primary N) is 1. The van der Waals surface area contributed by atoms with Gasteiger partial charge >= 0.3 is 0 Å². The molecule has 1 aromatic heterocycles. The van der Waals surface area contributed by atoms with E-state index in [1.165, 1.54) is 0 Å². The van der Waals surface area contributed by atoms with Crippen LogP contribution in [-0.4, -0.2) is 16.2 Å². The average Bonchev–Trinajstić information content (AvgIpc) is 2.84. The number of hydrogen-bond acceptors (Lipinski definition) is 3. The summed E-state index contributed by atoms with van der Waals surface area (Å²) in [6, 6.07) is 16.1. The van der Waals surface area contributed by atoms with Crippen molar-refractivity contribution in [3.8, 4) is 5.75 Å². The van der Waals surface area contributed by atoms with E-state index in [4.69, 9.17) is 10.5 Å². The molecular weight excluding hydrogens is 274 g/mol. The molecule has 2 N–H and O–H groups in total. The molecule has 0 bridgehead atoms. The first-order valence-corrected chi connectivity index (χ1v) is 7.59. The molecule has 0 spiro atoms. The Hall–Kier alpha value is -2.33. The number of rotatable bonds is 5.